The van der Waals surface area contributed by atoms with Gasteiger partial charge in [-0.15, -0.1) is 11.8 Å². The van der Waals surface area contributed by atoms with Crippen LogP contribution in [0.2, 0.25) is 0 Å². The van der Waals surface area contributed by atoms with Crippen molar-refractivity contribution in [2.75, 3.05) is 0 Å². The zero-order chi connectivity index (χ0) is 13.3. The lowest BCUT2D eigenvalue weighted by atomic mass is 9.73. The molecule has 1 fully saturated rings. The first-order valence-electron chi connectivity index (χ1n) is 6.90. The second kappa shape index (κ2) is 5.26. The second-order valence-electron chi connectivity index (χ2n) is 6.33. The number of hydrogen-bond acceptors (Lipinski definition) is 2. The van der Waals surface area contributed by atoms with Gasteiger partial charge in [-0.2, -0.15) is 0 Å². The van der Waals surface area contributed by atoms with Gasteiger partial charge < -0.3 is 5.73 Å². The molecule has 2 atom stereocenters. The molecule has 2 heteroatoms. The molecule has 2 N–H and O–H groups in total. The molecular weight excluding hydrogens is 238 g/mol. The van der Waals surface area contributed by atoms with Crippen molar-refractivity contribution in [1.82, 2.24) is 0 Å². The Balaban J connectivity index is 2.15. The third-order valence-corrected chi connectivity index (χ3v) is 5.76. The molecule has 1 aliphatic carbocycles. The summed E-state index contributed by atoms with van der Waals surface area (Å²) in [4.78, 5) is 1.41. The van der Waals surface area contributed by atoms with Gasteiger partial charge in [0.25, 0.3) is 0 Å². The molecule has 1 saturated carbocycles. The topological polar surface area (TPSA) is 26.0 Å². The lowest BCUT2D eigenvalue weighted by molar-refractivity contribution is 0.208. The Hall–Kier alpha value is -0.470. The van der Waals surface area contributed by atoms with E-state index in [9.17, 15) is 0 Å². The van der Waals surface area contributed by atoms with E-state index in [1.54, 1.807) is 0 Å². The van der Waals surface area contributed by atoms with Crippen LogP contribution >= 0.6 is 11.8 Å². The van der Waals surface area contributed by atoms with E-state index < -0.39 is 0 Å². The van der Waals surface area contributed by atoms with Crippen molar-refractivity contribution in [1.29, 1.82) is 0 Å². The van der Waals surface area contributed by atoms with Crippen LogP contribution in [-0.2, 0) is 0 Å². The Morgan fingerprint density at radius 2 is 2.00 bits per heavy atom. The summed E-state index contributed by atoms with van der Waals surface area (Å²) in [6, 6.07) is 7.01. The fourth-order valence-corrected chi connectivity index (χ4v) is 4.37. The van der Waals surface area contributed by atoms with Gasteiger partial charge in [-0.25, -0.2) is 0 Å². The van der Waals surface area contributed by atoms with Crippen LogP contribution in [0, 0.1) is 19.3 Å². The first-order chi connectivity index (χ1) is 8.40. The fraction of sp³-hybridized carbons (Fsp3) is 0.625. The smallest absolute Gasteiger partial charge is 0.0251 e. The van der Waals surface area contributed by atoms with Crippen LogP contribution in [-0.4, -0.2) is 11.3 Å². The highest BCUT2D eigenvalue weighted by Gasteiger charge is 2.36. The maximum atomic E-state index is 6.47. The molecule has 1 aromatic carbocycles. The molecule has 100 valence electrons. The Bertz CT molecular complexity index is 425. The zero-order valence-corrected chi connectivity index (χ0v) is 12.8. The maximum absolute atomic E-state index is 6.47. The van der Waals surface area contributed by atoms with Gasteiger partial charge in [0.15, 0.2) is 0 Å². The van der Waals surface area contributed by atoms with E-state index in [1.807, 2.05) is 11.8 Å². The quantitative estimate of drug-likeness (QED) is 0.861. The summed E-state index contributed by atoms with van der Waals surface area (Å²) in [6.07, 6.45) is 3.82. The molecule has 1 aliphatic rings. The van der Waals surface area contributed by atoms with Crippen LogP contribution < -0.4 is 5.73 Å². The molecule has 1 aromatic rings. The first kappa shape index (κ1) is 14.0. The number of nitrogens with two attached hydrogens (primary N) is 1. The predicted octanol–water partition coefficient (Wildman–Crippen LogP) is 4.30. The summed E-state index contributed by atoms with van der Waals surface area (Å²) in [5.41, 5.74) is 9.47. The molecular formula is C16H25NS. The van der Waals surface area contributed by atoms with Crippen molar-refractivity contribution in [3.63, 3.8) is 0 Å². The van der Waals surface area contributed by atoms with Gasteiger partial charge in [0.05, 0.1) is 0 Å². The standard InChI is InChI=1S/C16H25NS/c1-11-7-8-12(2)14(10-11)18-13-6-5-9-16(3,4)15(13)17/h7-8,10,13,15H,5-6,9,17H2,1-4H3. The Morgan fingerprint density at radius 1 is 1.28 bits per heavy atom. The molecule has 0 spiro atoms. The van der Waals surface area contributed by atoms with Gasteiger partial charge in [-0.3, -0.25) is 0 Å². The Morgan fingerprint density at radius 3 is 2.72 bits per heavy atom. The van der Waals surface area contributed by atoms with E-state index in [2.05, 4.69) is 45.9 Å². The van der Waals surface area contributed by atoms with Crippen molar-refractivity contribution in [3.8, 4) is 0 Å². The third-order valence-electron chi connectivity index (χ3n) is 4.23. The molecule has 0 aromatic heterocycles. The lowest BCUT2D eigenvalue weighted by Crippen LogP contribution is -2.48. The zero-order valence-electron chi connectivity index (χ0n) is 12.0. The Kier molecular flexibility index (Phi) is 4.08. The fourth-order valence-electron chi connectivity index (χ4n) is 2.74. The van der Waals surface area contributed by atoms with E-state index in [0.717, 1.165) is 0 Å². The number of benzene rings is 1. The number of aryl methyl sites for hydroxylation is 2. The molecule has 0 saturated heterocycles. The van der Waals surface area contributed by atoms with E-state index in [-0.39, 0.29) is 5.41 Å². The minimum atomic E-state index is 0.285. The van der Waals surface area contributed by atoms with E-state index in [4.69, 9.17) is 5.73 Å². The minimum Gasteiger partial charge on any atom is -0.326 e. The van der Waals surface area contributed by atoms with Crippen LogP contribution in [0.4, 0.5) is 0 Å². The van der Waals surface area contributed by atoms with Crippen molar-refractivity contribution < 1.29 is 0 Å². The van der Waals surface area contributed by atoms with Crippen LogP contribution in [0.15, 0.2) is 23.1 Å². The normalized spacial score (nSPS) is 27.2. The molecule has 18 heavy (non-hydrogen) atoms. The van der Waals surface area contributed by atoms with Crippen molar-refractivity contribution >= 4 is 11.8 Å². The average molecular weight is 263 g/mol. The summed E-state index contributed by atoms with van der Waals surface area (Å²) in [7, 11) is 0. The van der Waals surface area contributed by atoms with Crippen molar-refractivity contribution in [2.24, 2.45) is 11.1 Å². The van der Waals surface area contributed by atoms with Gasteiger partial charge in [0.2, 0.25) is 0 Å². The largest absolute Gasteiger partial charge is 0.326 e. The van der Waals surface area contributed by atoms with Crippen LogP contribution in [0.5, 0.6) is 0 Å². The minimum absolute atomic E-state index is 0.285. The molecule has 0 bridgehead atoms. The molecule has 0 radical (unpaired) electrons. The predicted molar refractivity (Wildman–Crippen MR) is 81.2 cm³/mol. The summed E-state index contributed by atoms with van der Waals surface area (Å²) in [5, 5.41) is 0.564. The SMILES string of the molecule is Cc1ccc(C)c(SC2CCCC(C)(C)C2N)c1. The highest BCUT2D eigenvalue weighted by Crippen LogP contribution is 2.42. The molecule has 0 aliphatic heterocycles. The molecule has 2 unspecified atom stereocenters. The average Bonchev–Trinajstić information content (AvgIpc) is 2.30. The second-order valence-corrected chi connectivity index (χ2v) is 7.61. The highest BCUT2D eigenvalue weighted by molar-refractivity contribution is 8.00. The van der Waals surface area contributed by atoms with Crippen LogP contribution in [0.25, 0.3) is 0 Å². The number of hydrogen-bond donors (Lipinski definition) is 1. The van der Waals surface area contributed by atoms with Crippen molar-refractivity contribution in [2.45, 2.75) is 63.1 Å². The Labute approximate surface area is 116 Å². The van der Waals surface area contributed by atoms with Gasteiger partial charge >= 0.3 is 0 Å². The summed E-state index contributed by atoms with van der Waals surface area (Å²) in [6.45, 7) is 8.98. The molecule has 2 rings (SSSR count). The summed E-state index contributed by atoms with van der Waals surface area (Å²) in [5.74, 6) is 0. The highest BCUT2D eigenvalue weighted by atomic mass is 32.2. The van der Waals surface area contributed by atoms with E-state index in [0.29, 0.717) is 11.3 Å². The van der Waals surface area contributed by atoms with Gasteiger partial charge in [0.1, 0.15) is 0 Å². The van der Waals surface area contributed by atoms with E-state index in [1.165, 1.54) is 35.3 Å². The lowest BCUT2D eigenvalue weighted by Gasteiger charge is -2.41. The van der Waals surface area contributed by atoms with Gasteiger partial charge in [0, 0.05) is 16.2 Å². The monoisotopic (exact) mass is 263 g/mol. The first-order valence-corrected chi connectivity index (χ1v) is 7.77. The van der Waals surface area contributed by atoms with E-state index >= 15 is 0 Å². The van der Waals surface area contributed by atoms with Gasteiger partial charge in [-0.05, 0) is 43.7 Å². The van der Waals surface area contributed by atoms with Gasteiger partial charge in [-0.1, -0.05) is 38.0 Å². The van der Waals surface area contributed by atoms with Crippen LogP contribution in [0.3, 0.4) is 0 Å². The van der Waals surface area contributed by atoms with Crippen molar-refractivity contribution in [3.05, 3.63) is 29.3 Å². The molecule has 0 amide bonds. The molecule has 0 heterocycles. The maximum Gasteiger partial charge on any atom is 0.0251 e. The summed E-state index contributed by atoms with van der Waals surface area (Å²) < 4.78 is 0. The number of thioether (sulfide) groups is 1. The van der Waals surface area contributed by atoms with Crippen LogP contribution in [0.1, 0.15) is 44.2 Å². The number of rotatable bonds is 2. The molecule has 1 nitrogen and oxygen atoms in total. The third kappa shape index (κ3) is 2.92. The summed E-state index contributed by atoms with van der Waals surface area (Å²) >= 11 is 1.99.